The SMILES string of the molecule is COc1cc(C)c(C(NN)N(C)C)c(OC)c1. The molecule has 5 heteroatoms. The van der Waals surface area contributed by atoms with E-state index in [0.717, 1.165) is 22.6 Å². The first-order valence-electron chi connectivity index (χ1n) is 5.40. The molecule has 1 aromatic rings. The number of nitrogens with two attached hydrogens (primary N) is 1. The lowest BCUT2D eigenvalue weighted by Crippen LogP contribution is -2.38. The average Bonchev–Trinajstić information content (AvgIpc) is 2.31. The van der Waals surface area contributed by atoms with Crippen molar-refractivity contribution in [3.8, 4) is 11.5 Å². The van der Waals surface area contributed by atoms with Crippen LogP contribution < -0.4 is 20.7 Å². The van der Waals surface area contributed by atoms with E-state index in [1.165, 1.54) is 0 Å². The van der Waals surface area contributed by atoms with Gasteiger partial charge in [-0.25, -0.2) is 5.43 Å². The maximum absolute atomic E-state index is 5.59. The Labute approximate surface area is 102 Å². The number of benzene rings is 1. The second-order valence-electron chi connectivity index (χ2n) is 4.09. The Morgan fingerprint density at radius 3 is 2.29 bits per heavy atom. The number of hydrogen-bond acceptors (Lipinski definition) is 5. The van der Waals surface area contributed by atoms with Crippen molar-refractivity contribution in [2.75, 3.05) is 28.3 Å². The second-order valence-corrected chi connectivity index (χ2v) is 4.09. The van der Waals surface area contributed by atoms with Gasteiger partial charge in [-0.1, -0.05) is 0 Å². The summed E-state index contributed by atoms with van der Waals surface area (Å²) in [7, 11) is 7.18. The minimum atomic E-state index is -0.101. The third kappa shape index (κ3) is 2.88. The quantitative estimate of drug-likeness (QED) is 0.457. The van der Waals surface area contributed by atoms with E-state index in [0.29, 0.717) is 0 Å². The summed E-state index contributed by atoms with van der Waals surface area (Å²) in [6.07, 6.45) is -0.101. The Balaban J connectivity index is 3.30. The lowest BCUT2D eigenvalue weighted by molar-refractivity contribution is 0.244. The third-order valence-electron chi connectivity index (χ3n) is 2.73. The highest BCUT2D eigenvalue weighted by Crippen LogP contribution is 2.33. The Bertz CT molecular complexity index is 380. The van der Waals surface area contributed by atoms with Crippen LogP contribution in [0.2, 0.25) is 0 Å². The van der Waals surface area contributed by atoms with Gasteiger partial charge in [-0.2, -0.15) is 0 Å². The zero-order valence-corrected chi connectivity index (χ0v) is 11.1. The molecule has 1 rings (SSSR count). The normalized spacial score (nSPS) is 12.6. The topological polar surface area (TPSA) is 59.8 Å². The largest absolute Gasteiger partial charge is 0.497 e. The predicted molar refractivity (Wildman–Crippen MR) is 68.0 cm³/mol. The van der Waals surface area contributed by atoms with Gasteiger partial charge in [-0.3, -0.25) is 10.7 Å². The molecule has 5 nitrogen and oxygen atoms in total. The fraction of sp³-hybridized carbons (Fsp3) is 0.500. The fourth-order valence-corrected chi connectivity index (χ4v) is 1.86. The van der Waals surface area contributed by atoms with Crippen LogP contribution in [0.5, 0.6) is 11.5 Å². The van der Waals surface area contributed by atoms with Crippen molar-refractivity contribution in [1.29, 1.82) is 0 Å². The van der Waals surface area contributed by atoms with Crippen LogP contribution in [0.3, 0.4) is 0 Å². The van der Waals surface area contributed by atoms with Crippen LogP contribution in [0, 0.1) is 6.92 Å². The minimum Gasteiger partial charge on any atom is -0.497 e. The van der Waals surface area contributed by atoms with E-state index in [-0.39, 0.29) is 6.17 Å². The summed E-state index contributed by atoms with van der Waals surface area (Å²) in [5, 5.41) is 0. The highest BCUT2D eigenvalue weighted by molar-refractivity contribution is 5.47. The molecule has 1 aromatic carbocycles. The number of hydrogen-bond donors (Lipinski definition) is 2. The maximum Gasteiger partial charge on any atom is 0.128 e. The first kappa shape index (κ1) is 13.8. The number of methoxy groups -OCH3 is 2. The van der Waals surface area contributed by atoms with Crippen molar-refractivity contribution < 1.29 is 9.47 Å². The molecule has 0 fully saturated rings. The Morgan fingerprint density at radius 1 is 1.24 bits per heavy atom. The van der Waals surface area contributed by atoms with Crippen molar-refractivity contribution in [1.82, 2.24) is 10.3 Å². The molecule has 0 aromatic heterocycles. The Hall–Kier alpha value is -1.30. The van der Waals surface area contributed by atoms with Gasteiger partial charge in [-0.05, 0) is 32.6 Å². The average molecular weight is 239 g/mol. The highest BCUT2D eigenvalue weighted by Gasteiger charge is 2.20. The lowest BCUT2D eigenvalue weighted by atomic mass is 10.0. The zero-order chi connectivity index (χ0) is 13.0. The van der Waals surface area contributed by atoms with Gasteiger partial charge in [0.15, 0.2) is 0 Å². The minimum absolute atomic E-state index is 0.101. The molecule has 17 heavy (non-hydrogen) atoms. The van der Waals surface area contributed by atoms with E-state index in [4.69, 9.17) is 15.3 Å². The van der Waals surface area contributed by atoms with Gasteiger partial charge < -0.3 is 9.47 Å². The standard InChI is InChI=1S/C12H21N3O2/c1-8-6-9(16-4)7-10(17-5)11(8)12(14-13)15(2)3/h6-7,12,14H,13H2,1-5H3. The van der Waals surface area contributed by atoms with Gasteiger partial charge >= 0.3 is 0 Å². The van der Waals surface area contributed by atoms with Crippen molar-refractivity contribution in [3.63, 3.8) is 0 Å². The van der Waals surface area contributed by atoms with E-state index in [9.17, 15) is 0 Å². The molecule has 0 radical (unpaired) electrons. The van der Waals surface area contributed by atoms with Crippen LogP contribution in [0.4, 0.5) is 0 Å². The number of ether oxygens (including phenoxy) is 2. The van der Waals surface area contributed by atoms with Crippen LogP contribution in [0.25, 0.3) is 0 Å². The molecule has 0 amide bonds. The maximum atomic E-state index is 5.59. The van der Waals surface area contributed by atoms with Crippen molar-refractivity contribution in [2.45, 2.75) is 13.1 Å². The molecular formula is C12H21N3O2. The van der Waals surface area contributed by atoms with E-state index in [2.05, 4.69) is 5.43 Å². The van der Waals surface area contributed by atoms with E-state index in [1.54, 1.807) is 14.2 Å². The molecule has 0 saturated carbocycles. The molecule has 1 atom stereocenters. The summed E-state index contributed by atoms with van der Waals surface area (Å²) in [6, 6.07) is 3.82. The van der Waals surface area contributed by atoms with E-state index < -0.39 is 0 Å². The Morgan fingerprint density at radius 2 is 1.88 bits per heavy atom. The van der Waals surface area contributed by atoms with Gasteiger partial charge in [0.05, 0.1) is 14.2 Å². The number of hydrazine groups is 1. The smallest absolute Gasteiger partial charge is 0.128 e. The van der Waals surface area contributed by atoms with Gasteiger partial charge in [0.2, 0.25) is 0 Å². The molecule has 0 aliphatic heterocycles. The van der Waals surface area contributed by atoms with Crippen LogP contribution in [-0.2, 0) is 0 Å². The van der Waals surface area contributed by atoms with E-state index in [1.807, 2.05) is 38.1 Å². The van der Waals surface area contributed by atoms with Gasteiger partial charge in [0, 0.05) is 11.6 Å². The number of nitrogens with zero attached hydrogens (tertiary/aromatic N) is 1. The molecule has 96 valence electrons. The summed E-state index contributed by atoms with van der Waals surface area (Å²) in [5.41, 5.74) is 4.86. The van der Waals surface area contributed by atoms with Gasteiger partial charge in [0.1, 0.15) is 17.7 Å². The number of aryl methyl sites for hydroxylation is 1. The number of nitrogens with one attached hydrogen (secondary N) is 1. The molecule has 0 aliphatic carbocycles. The molecule has 0 spiro atoms. The van der Waals surface area contributed by atoms with Gasteiger partial charge in [0.25, 0.3) is 0 Å². The van der Waals surface area contributed by atoms with Gasteiger partial charge in [-0.15, -0.1) is 0 Å². The molecule has 1 unspecified atom stereocenters. The zero-order valence-electron chi connectivity index (χ0n) is 11.1. The van der Waals surface area contributed by atoms with Crippen LogP contribution >= 0.6 is 0 Å². The molecular weight excluding hydrogens is 218 g/mol. The Kier molecular flexibility index (Phi) is 4.74. The molecule has 0 heterocycles. The predicted octanol–water partition coefficient (Wildman–Crippen LogP) is 1.04. The summed E-state index contributed by atoms with van der Waals surface area (Å²) >= 11 is 0. The molecule has 0 bridgehead atoms. The first-order valence-corrected chi connectivity index (χ1v) is 5.40. The van der Waals surface area contributed by atoms with Crippen molar-refractivity contribution >= 4 is 0 Å². The van der Waals surface area contributed by atoms with Crippen LogP contribution in [0.15, 0.2) is 12.1 Å². The summed E-state index contributed by atoms with van der Waals surface area (Å²) in [6.45, 7) is 2.01. The number of rotatable bonds is 5. The molecule has 3 N–H and O–H groups in total. The molecule has 0 aliphatic rings. The van der Waals surface area contributed by atoms with Crippen molar-refractivity contribution in [3.05, 3.63) is 23.3 Å². The van der Waals surface area contributed by atoms with Crippen LogP contribution in [-0.4, -0.2) is 33.2 Å². The first-order chi connectivity index (χ1) is 8.04. The second kappa shape index (κ2) is 5.86. The summed E-state index contributed by atoms with van der Waals surface area (Å²) in [4.78, 5) is 1.98. The lowest BCUT2D eigenvalue weighted by Gasteiger charge is -2.27. The van der Waals surface area contributed by atoms with Crippen molar-refractivity contribution in [2.24, 2.45) is 5.84 Å². The van der Waals surface area contributed by atoms with Crippen LogP contribution in [0.1, 0.15) is 17.3 Å². The summed E-state index contributed by atoms with van der Waals surface area (Å²) in [5.74, 6) is 7.13. The monoisotopic (exact) mass is 239 g/mol. The summed E-state index contributed by atoms with van der Waals surface area (Å²) < 4.78 is 10.6. The van der Waals surface area contributed by atoms with E-state index >= 15 is 0 Å². The molecule has 0 saturated heterocycles. The third-order valence-corrected chi connectivity index (χ3v) is 2.73. The fourth-order valence-electron chi connectivity index (χ4n) is 1.86. The highest BCUT2D eigenvalue weighted by atomic mass is 16.5.